The van der Waals surface area contributed by atoms with E-state index >= 15 is 0 Å². The number of hydrogen-bond donors (Lipinski definition) is 0. The van der Waals surface area contributed by atoms with Crippen molar-refractivity contribution in [1.29, 1.82) is 0 Å². The second-order valence-electron chi connectivity index (χ2n) is 3.61. The number of unbranched alkanes of at least 4 members (excludes halogenated alkanes) is 1. The standard InChI is InChI=1S/C10H13F3N2O2/c1-3-4-5-10(11,12)9(16)15(13)8-6-14-7(2)17-8/h6H,3-5H2,1-2H3. The molecule has 0 saturated carbocycles. The molecule has 1 aromatic rings. The van der Waals surface area contributed by atoms with Gasteiger partial charge in [-0.25, -0.2) is 4.98 Å². The molecule has 0 unspecified atom stereocenters. The Morgan fingerprint density at radius 3 is 2.71 bits per heavy atom. The van der Waals surface area contributed by atoms with Gasteiger partial charge in [0.15, 0.2) is 5.89 Å². The molecule has 0 aliphatic heterocycles. The van der Waals surface area contributed by atoms with Crippen molar-refractivity contribution in [2.75, 3.05) is 5.12 Å². The molecule has 0 aliphatic rings. The second kappa shape index (κ2) is 5.20. The van der Waals surface area contributed by atoms with Crippen molar-refractivity contribution in [3.63, 3.8) is 0 Å². The van der Waals surface area contributed by atoms with Crippen molar-refractivity contribution < 1.29 is 22.5 Å². The average molecular weight is 250 g/mol. The van der Waals surface area contributed by atoms with Crippen molar-refractivity contribution >= 4 is 11.8 Å². The molecule has 96 valence electrons. The number of aryl methyl sites for hydroxylation is 1. The monoisotopic (exact) mass is 250 g/mol. The number of oxazole rings is 1. The lowest BCUT2D eigenvalue weighted by atomic mass is 10.1. The van der Waals surface area contributed by atoms with E-state index in [0.29, 0.717) is 6.42 Å². The number of hydrogen-bond acceptors (Lipinski definition) is 3. The van der Waals surface area contributed by atoms with Crippen LogP contribution in [0.4, 0.5) is 19.1 Å². The highest BCUT2D eigenvalue weighted by Crippen LogP contribution is 2.27. The summed E-state index contributed by atoms with van der Waals surface area (Å²) in [6, 6.07) is 0. The van der Waals surface area contributed by atoms with Gasteiger partial charge in [-0.2, -0.15) is 8.78 Å². The Kier molecular flexibility index (Phi) is 4.14. The highest BCUT2D eigenvalue weighted by molar-refractivity contribution is 5.95. The van der Waals surface area contributed by atoms with Crippen LogP contribution in [0.3, 0.4) is 0 Å². The fraction of sp³-hybridized carbons (Fsp3) is 0.600. The molecule has 0 spiro atoms. The van der Waals surface area contributed by atoms with E-state index in [4.69, 9.17) is 0 Å². The molecule has 1 aromatic heterocycles. The SMILES string of the molecule is CCCCC(F)(F)C(=O)N(F)c1cnc(C)o1. The number of carbonyl (C=O) groups excluding carboxylic acids is 1. The first-order valence-electron chi connectivity index (χ1n) is 5.19. The van der Waals surface area contributed by atoms with Gasteiger partial charge in [-0.1, -0.05) is 17.8 Å². The molecule has 0 aliphatic carbocycles. The van der Waals surface area contributed by atoms with Crippen LogP contribution in [0.25, 0.3) is 0 Å². The summed E-state index contributed by atoms with van der Waals surface area (Å²) in [5.74, 6) is -6.20. The third-order valence-electron chi connectivity index (χ3n) is 2.14. The number of amides is 1. The van der Waals surface area contributed by atoms with E-state index in [9.17, 15) is 18.1 Å². The van der Waals surface area contributed by atoms with E-state index in [1.807, 2.05) is 0 Å². The fourth-order valence-electron chi connectivity index (χ4n) is 1.19. The lowest BCUT2D eigenvalue weighted by molar-refractivity contribution is -0.147. The Balaban J connectivity index is 2.75. The zero-order chi connectivity index (χ0) is 13.1. The number of alkyl halides is 2. The quantitative estimate of drug-likeness (QED) is 0.754. The summed E-state index contributed by atoms with van der Waals surface area (Å²) in [6.07, 6.45) is 0.831. The van der Waals surface area contributed by atoms with Gasteiger partial charge in [0, 0.05) is 13.3 Å². The topological polar surface area (TPSA) is 46.3 Å². The van der Waals surface area contributed by atoms with E-state index < -0.39 is 29.3 Å². The van der Waals surface area contributed by atoms with Crippen LogP contribution in [-0.2, 0) is 4.79 Å². The predicted molar refractivity (Wildman–Crippen MR) is 54.3 cm³/mol. The molecule has 1 amide bonds. The van der Waals surface area contributed by atoms with Crippen LogP contribution < -0.4 is 5.12 Å². The van der Waals surface area contributed by atoms with E-state index in [1.165, 1.54) is 6.92 Å². The summed E-state index contributed by atoms with van der Waals surface area (Å²) in [6.45, 7) is 3.12. The predicted octanol–water partition coefficient (Wildman–Crippen LogP) is 3.03. The third-order valence-corrected chi connectivity index (χ3v) is 2.14. The van der Waals surface area contributed by atoms with Gasteiger partial charge in [0.25, 0.3) is 5.88 Å². The first-order valence-corrected chi connectivity index (χ1v) is 5.19. The Bertz CT molecular complexity index is 393. The smallest absolute Gasteiger partial charge is 0.328 e. The Morgan fingerprint density at radius 2 is 2.24 bits per heavy atom. The Morgan fingerprint density at radius 1 is 1.59 bits per heavy atom. The Labute approximate surface area is 96.4 Å². The van der Waals surface area contributed by atoms with Crippen molar-refractivity contribution in [2.24, 2.45) is 0 Å². The van der Waals surface area contributed by atoms with Crippen molar-refractivity contribution in [3.05, 3.63) is 12.1 Å². The molecular formula is C10H13F3N2O2. The molecule has 17 heavy (non-hydrogen) atoms. The van der Waals surface area contributed by atoms with Crippen LogP contribution in [0.5, 0.6) is 0 Å². The minimum absolute atomic E-state index is 0.0901. The number of nitrogens with zero attached hydrogens (tertiary/aromatic N) is 2. The molecule has 0 N–H and O–H groups in total. The number of aromatic nitrogens is 1. The van der Waals surface area contributed by atoms with Crippen LogP contribution in [0.15, 0.2) is 10.6 Å². The zero-order valence-electron chi connectivity index (χ0n) is 9.54. The third kappa shape index (κ3) is 3.21. The Hall–Kier alpha value is -1.53. The lowest BCUT2D eigenvalue weighted by Gasteiger charge is -2.17. The molecule has 0 bridgehead atoms. The molecule has 1 heterocycles. The zero-order valence-corrected chi connectivity index (χ0v) is 9.54. The van der Waals surface area contributed by atoms with Crippen molar-refractivity contribution in [1.82, 2.24) is 4.98 Å². The normalized spacial score (nSPS) is 11.6. The molecule has 0 fully saturated rings. The summed E-state index contributed by atoms with van der Waals surface area (Å²) in [5, 5.41) is -0.699. The summed E-state index contributed by atoms with van der Waals surface area (Å²) < 4.78 is 44.5. The molecular weight excluding hydrogens is 237 g/mol. The van der Waals surface area contributed by atoms with Gasteiger partial charge >= 0.3 is 11.8 Å². The van der Waals surface area contributed by atoms with Gasteiger partial charge < -0.3 is 4.42 Å². The maximum Gasteiger partial charge on any atom is 0.328 e. The molecule has 0 radical (unpaired) electrons. The van der Waals surface area contributed by atoms with Crippen LogP contribution in [0, 0.1) is 6.92 Å². The first kappa shape index (κ1) is 13.5. The lowest BCUT2D eigenvalue weighted by Crippen LogP contribution is -2.39. The number of carbonyl (C=O) groups is 1. The number of rotatable bonds is 5. The molecule has 4 nitrogen and oxygen atoms in total. The highest BCUT2D eigenvalue weighted by atomic mass is 19.3. The minimum atomic E-state index is -3.73. The summed E-state index contributed by atoms with van der Waals surface area (Å²) in [7, 11) is 0. The summed E-state index contributed by atoms with van der Waals surface area (Å²) in [4.78, 5) is 14.7. The number of anilines is 1. The van der Waals surface area contributed by atoms with Crippen LogP contribution in [0.1, 0.15) is 32.1 Å². The van der Waals surface area contributed by atoms with Crippen molar-refractivity contribution in [2.45, 2.75) is 39.0 Å². The van der Waals surface area contributed by atoms with E-state index in [0.717, 1.165) is 6.20 Å². The molecule has 0 saturated heterocycles. The van der Waals surface area contributed by atoms with Crippen molar-refractivity contribution in [3.8, 4) is 0 Å². The highest BCUT2D eigenvalue weighted by Gasteiger charge is 2.43. The second-order valence-corrected chi connectivity index (χ2v) is 3.61. The maximum atomic E-state index is 13.3. The van der Waals surface area contributed by atoms with E-state index in [2.05, 4.69) is 9.40 Å². The number of halogens is 3. The van der Waals surface area contributed by atoms with Gasteiger partial charge in [-0.05, 0) is 6.42 Å². The summed E-state index contributed by atoms with van der Waals surface area (Å²) >= 11 is 0. The van der Waals surface area contributed by atoms with Gasteiger partial charge in [0.05, 0.1) is 6.20 Å². The molecule has 0 atom stereocenters. The average Bonchev–Trinajstić information content (AvgIpc) is 2.71. The summed E-state index contributed by atoms with van der Waals surface area (Å²) in [5.41, 5.74) is 0. The molecule has 7 heteroatoms. The molecule has 0 aromatic carbocycles. The van der Waals surface area contributed by atoms with Gasteiger partial charge in [-0.15, -0.1) is 5.12 Å². The molecule has 1 rings (SSSR count). The van der Waals surface area contributed by atoms with Crippen LogP contribution >= 0.6 is 0 Å². The van der Waals surface area contributed by atoms with Crippen LogP contribution in [-0.4, -0.2) is 16.8 Å². The van der Waals surface area contributed by atoms with Gasteiger partial charge in [0.2, 0.25) is 0 Å². The minimum Gasteiger partial charge on any atom is -0.423 e. The fourth-order valence-corrected chi connectivity index (χ4v) is 1.19. The van der Waals surface area contributed by atoms with Gasteiger partial charge in [-0.3, -0.25) is 4.79 Å². The first-order chi connectivity index (χ1) is 7.88. The van der Waals surface area contributed by atoms with E-state index in [-0.39, 0.29) is 12.3 Å². The van der Waals surface area contributed by atoms with E-state index in [1.54, 1.807) is 6.92 Å². The maximum absolute atomic E-state index is 13.3. The van der Waals surface area contributed by atoms with Crippen LogP contribution in [0.2, 0.25) is 0 Å². The van der Waals surface area contributed by atoms with Gasteiger partial charge in [0.1, 0.15) is 0 Å². The largest absolute Gasteiger partial charge is 0.423 e.